The molecule has 4 atom stereocenters. The van der Waals surface area contributed by atoms with Crippen molar-refractivity contribution in [2.45, 2.75) is 49.2 Å². The zero-order valence-electron chi connectivity index (χ0n) is 24.9. The Labute approximate surface area is 266 Å². The Morgan fingerprint density at radius 1 is 1.00 bits per heavy atom. The molecule has 0 spiro atoms. The summed E-state index contributed by atoms with van der Waals surface area (Å²) in [7, 11) is 0. The highest BCUT2D eigenvalue weighted by Crippen LogP contribution is 2.32. The number of hydrogen-bond acceptors (Lipinski definition) is 7. The molecule has 1 saturated heterocycles. The summed E-state index contributed by atoms with van der Waals surface area (Å²) < 4.78 is 90.8. The second-order valence-corrected chi connectivity index (χ2v) is 11.0. The summed E-state index contributed by atoms with van der Waals surface area (Å²) in [4.78, 5) is 24.6. The first-order valence-electron chi connectivity index (χ1n) is 14.7. The fraction of sp³-hybridized carbons (Fsp3) is 0.375. The van der Waals surface area contributed by atoms with E-state index in [4.69, 9.17) is 15.2 Å². The van der Waals surface area contributed by atoms with Gasteiger partial charge in [-0.05, 0) is 60.4 Å². The maximum atomic E-state index is 15.3. The zero-order chi connectivity index (χ0) is 34.1. The highest BCUT2D eigenvalue weighted by Gasteiger charge is 2.34. The molecule has 15 heteroatoms. The topological polar surface area (TPSA) is 135 Å². The Morgan fingerprint density at radius 3 is 2.17 bits per heavy atom. The van der Waals surface area contributed by atoms with E-state index in [1.165, 1.54) is 60.7 Å². The smallest absolute Gasteiger partial charge is 0.407 e. The number of alkyl halides is 3. The number of anilines is 1. The number of alkyl carbamates (subject to hydrolysis) is 1. The average Bonchev–Trinajstić information content (AvgIpc) is 3.03. The van der Waals surface area contributed by atoms with Gasteiger partial charge in [0.25, 0.3) is 0 Å². The number of aliphatic hydroxyl groups excluding tert-OH is 1. The van der Waals surface area contributed by atoms with E-state index < -0.39 is 85.6 Å². The van der Waals surface area contributed by atoms with Crippen molar-refractivity contribution in [3.63, 3.8) is 0 Å². The van der Waals surface area contributed by atoms with Gasteiger partial charge in [-0.25, -0.2) is 18.0 Å². The molecule has 1 aliphatic rings. The lowest BCUT2D eigenvalue weighted by Gasteiger charge is -2.36. The van der Waals surface area contributed by atoms with Crippen LogP contribution >= 0.6 is 0 Å². The van der Waals surface area contributed by atoms with E-state index in [1.807, 2.05) is 0 Å². The minimum atomic E-state index is -4.62. The predicted octanol–water partition coefficient (Wildman–Crippen LogP) is 4.14. The van der Waals surface area contributed by atoms with Crippen molar-refractivity contribution in [3.05, 3.63) is 101 Å². The van der Waals surface area contributed by atoms with Gasteiger partial charge in [0, 0.05) is 23.7 Å². The molecular formula is C32H34F6N4O5. The van der Waals surface area contributed by atoms with Gasteiger partial charge < -0.3 is 36.3 Å². The van der Waals surface area contributed by atoms with Gasteiger partial charge in [0.1, 0.15) is 42.7 Å². The van der Waals surface area contributed by atoms with Crippen LogP contribution in [0.4, 0.5) is 36.8 Å². The summed E-state index contributed by atoms with van der Waals surface area (Å²) in [5.74, 6) is -3.25. The second kappa shape index (κ2) is 16.0. The molecule has 9 nitrogen and oxygen atoms in total. The Kier molecular flexibility index (Phi) is 12.1. The molecule has 254 valence electrons. The standard InChI is InChI=1S/C32H34F6N4O5/c33-20-8-4-18(5-9-20)28(19-6-10-21(34)11-7-19)29(30(39)44)42-25-3-1-2-24(35)23(25)13-12-22-14-40-26(15-43)27(47-22)16-46-31(45)41-17-32(36,37)38/h1-11,22,26-29,40,42-43H,12-17H2,(H2,39,44)(H,41,45)/t22-,26-,27-,29+/m1/s1. The van der Waals surface area contributed by atoms with Gasteiger partial charge in [0.05, 0.1) is 18.8 Å². The quantitative estimate of drug-likeness (QED) is 0.173. The van der Waals surface area contributed by atoms with Gasteiger partial charge in [-0.1, -0.05) is 30.3 Å². The second-order valence-electron chi connectivity index (χ2n) is 11.0. The van der Waals surface area contributed by atoms with Crippen LogP contribution in [0, 0.1) is 17.5 Å². The van der Waals surface area contributed by atoms with Crippen LogP contribution in [0.15, 0.2) is 66.7 Å². The van der Waals surface area contributed by atoms with Crippen LogP contribution in [0.25, 0.3) is 0 Å². The highest BCUT2D eigenvalue weighted by molar-refractivity contribution is 5.85. The summed E-state index contributed by atoms with van der Waals surface area (Å²) in [5.41, 5.74) is 7.25. The molecule has 2 amide bonds. The average molecular weight is 669 g/mol. The Morgan fingerprint density at radius 2 is 1.62 bits per heavy atom. The first-order chi connectivity index (χ1) is 22.3. The lowest BCUT2D eigenvalue weighted by molar-refractivity contribution is -0.125. The third kappa shape index (κ3) is 10.1. The molecule has 3 aromatic carbocycles. The fourth-order valence-electron chi connectivity index (χ4n) is 5.35. The Bertz CT molecular complexity index is 1450. The van der Waals surface area contributed by atoms with E-state index >= 15 is 4.39 Å². The van der Waals surface area contributed by atoms with E-state index in [0.29, 0.717) is 11.1 Å². The van der Waals surface area contributed by atoms with Gasteiger partial charge in [-0.15, -0.1) is 0 Å². The summed E-state index contributed by atoms with van der Waals surface area (Å²) >= 11 is 0. The number of hydrogen-bond donors (Lipinski definition) is 5. The SMILES string of the molecule is NC(=O)[C@@H](Nc1cccc(F)c1CC[C@@H]1CN[C@H](CO)[C@@H](COC(=O)NCC(F)(F)F)O1)C(c1ccc(F)cc1)c1ccc(F)cc1. The molecule has 0 unspecified atom stereocenters. The molecule has 0 aliphatic carbocycles. The molecule has 0 aromatic heterocycles. The van der Waals surface area contributed by atoms with E-state index in [9.17, 15) is 36.6 Å². The number of benzene rings is 3. The summed E-state index contributed by atoms with van der Waals surface area (Å²) in [6.45, 7) is -2.23. The van der Waals surface area contributed by atoms with Crippen LogP contribution in [0.3, 0.4) is 0 Å². The number of carbonyl (C=O) groups is 2. The largest absolute Gasteiger partial charge is 0.447 e. The number of aliphatic hydroxyl groups is 1. The normalized spacial score (nSPS) is 18.9. The molecule has 0 bridgehead atoms. The van der Waals surface area contributed by atoms with Crippen LogP contribution < -0.4 is 21.7 Å². The van der Waals surface area contributed by atoms with Crippen molar-refractivity contribution in [1.29, 1.82) is 0 Å². The van der Waals surface area contributed by atoms with Crippen LogP contribution in [0.1, 0.15) is 29.0 Å². The number of primary amides is 1. The van der Waals surface area contributed by atoms with Crippen LogP contribution in [0.2, 0.25) is 0 Å². The van der Waals surface area contributed by atoms with Crippen LogP contribution in [0.5, 0.6) is 0 Å². The minimum Gasteiger partial charge on any atom is -0.447 e. The molecule has 47 heavy (non-hydrogen) atoms. The molecule has 1 heterocycles. The fourth-order valence-corrected chi connectivity index (χ4v) is 5.35. The molecular weight excluding hydrogens is 634 g/mol. The van der Waals surface area contributed by atoms with Crippen LogP contribution in [-0.2, 0) is 20.7 Å². The molecule has 3 aromatic rings. The van der Waals surface area contributed by atoms with Gasteiger partial charge in [0.15, 0.2) is 0 Å². The molecule has 6 N–H and O–H groups in total. The van der Waals surface area contributed by atoms with Crippen LogP contribution in [-0.4, -0.2) is 73.9 Å². The first-order valence-corrected chi connectivity index (χ1v) is 14.7. The maximum absolute atomic E-state index is 15.3. The van der Waals surface area contributed by atoms with Crippen molar-refractivity contribution in [2.24, 2.45) is 5.73 Å². The number of carbonyl (C=O) groups excluding carboxylic acids is 2. The number of rotatable bonds is 13. The van der Waals surface area contributed by atoms with Crippen molar-refractivity contribution in [2.75, 3.05) is 31.6 Å². The minimum absolute atomic E-state index is 0.0774. The summed E-state index contributed by atoms with van der Waals surface area (Å²) in [6.07, 6.45) is -7.15. The van der Waals surface area contributed by atoms with E-state index in [0.717, 1.165) is 0 Å². The number of nitrogens with one attached hydrogen (secondary N) is 3. The number of nitrogens with two attached hydrogens (primary N) is 1. The Hall–Kier alpha value is -4.34. The van der Waals surface area contributed by atoms with Crippen molar-refractivity contribution in [3.8, 4) is 0 Å². The number of amides is 2. The molecule has 0 radical (unpaired) electrons. The third-order valence-electron chi connectivity index (χ3n) is 7.68. The van der Waals surface area contributed by atoms with Gasteiger partial charge in [-0.3, -0.25) is 4.79 Å². The zero-order valence-corrected chi connectivity index (χ0v) is 24.9. The number of halogens is 6. The van der Waals surface area contributed by atoms with Crippen molar-refractivity contribution >= 4 is 17.7 Å². The maximum Gasteiger partial charge on any atom is 0.407 e. The van der Waals surface area contributed by atoms with Gasteiger partial charge >= 0.3 is 12.3 Å². The third-order valence-corrected chi connectivity index (χ3v) is 7.68. The molecule has 1 fully saturated rings. The van der Waals surface area contributed by atoms with Gasteiger partial charge in [-0.2, -0.15) is 13.2 Å². The van der Waals surface area contributed by atoms with E-state index in [2.05, 4.69) is 10.6 Å². The number of morpholine rings is 1. The van der Waals surface area contributed by atoms with E-state index in [-0.39, 0.29) is 30.6 Å². The van der Waals surface area contributed by atoms with Crippen molar-refractivity contribution in [1.82, 2.24) is 10.6 Å². The monoisotopic (exact) mass is 668 g/mol. The summed E-state index contributed by atoms with van der Waals surface area (Å²) in [6, 6.07) is 13.1. The molecule has 4 rings (SSSR count). The summed E-state index contributed by atoms with van der Waals surface area (Å²) in [5, 5.41) is 17.3. The lowest BCUT2D eigenvalue weighted by atomic mass is 9.84. The Balaban J connectivity index is 1.50. The molecule has 0 saturated carbocycles. The van der Waals surface area contributed by atoms with E-state index in [1.54, 1.807) is 11.4 Å². The highest BCUT2D eigenvalue weighted by atomic mass is 19.4. The lowest BCUT2D eigenvalue weighted by Crippen LogP contribution is -2.56. The van der Waals surface area contributed by atoms with Crippen molar-refractivity contribution < 1.29 is 50.5 Å². The number of ether oxygens (including phenoxy) is 2. The molecule has 1 aliphatic heterocycles. The first kappa shape index (κ1) is 35.5. The predicted molar refractivity (Wildman–Crippen MR) is 159 cm³/mol. The van der Waals surface area contributed by atoms with Gasteiger partial charge in [0.2, 0.25) is 5.91 Å².